The summed E-state index contributed by atoms with van der Waals surface area (Å²) in [5.41, 5.74) is 2.19. The van der Waals surface area contributed by atoms with Gasteiger partial charge in [0.25, 0.3) is 0 Å². The Morgan fingerprint density at radius 3 is 2.89 bits per heavy atom. The van der Waals surface area contributed by atoms with E-state index in [1.54, 1.807) is 7.05 Å². The van der Waals surface area contributed by atoms with Crippen molar-refractivity contribution >= 4 is 5.91 Å². The molecule has 0 bridgehead atoms. The molecule has 1 aliphatic heterocycles. The Morgan fingerprint density at radius 2 is 2.32 bits per heavy atom. The number of aromatic nitrogens is 2. The summed E-state index contributed by atoms with van der Waals surface area (Å²) in [4.78, 5) is 14.4. The van der Waals surface area contributed by atoms with Crippen molar-refractivity contribution in [1.29, 1.82) is 0 Å². The first-order valence-corrected chi connectivity index (χ1v) is 6.88. The molecule has 1 aromatic rings. The molecule has 1 saturated heterocycles. The minimum atomic E-state index is -0.261. The summed E-state index contributed by atoms with van der Waals surface area (Å²) < 4.78 is 1.90. The number of hydrogen-bond donors (Lipinski definition) is 1. The monoisotopic (exact) mass is 264 g/mol. The van der Waals surface area contributed by atoms with Crippen molar-refractivity contribution in [1.82, 2.24) is 20.0 Å². The van der Waals surface area contributed by atoms with Crippen LogP contribution in [0, 0.1) is 12.3 Å². The van der Waals surface area contributed by atoms with Crippen LogP contribution in [0.4, 0.5) is 0 Å². The summed E-state index contributed by atoms with van der Waals surface area (Å²) in [5, 5.41) is 7.07. The number of piperidine rings is 1. The molecule has 19 heavy (non-hydrogen) atoms. The Labute approximate surface area is 115 Å². The van der Waals surface area contributed by atoms with Crippen LogP contribution in [-0.2, 0) is 18.4 Å². The maximum atomic E-state index is 12.0. The molecule has 1 N–H and O–H groups in total. The third-order valence-electron chi connectivity index (χ3n) is 4.28. The average molecular weight is 264 g/mol. The van der Waals surface area contributed by atoms with Crippen LogP contribution in [0.15, 0.2) is 6.20 Å². The third-order valence-corrected chi connectivity index (χ3v) is 4.28. The van der Waals surface area contributed by atoms with Crippen molar-refractivity contribution in [3.05, 3.63) is 17.5 Å². The first-order valence-electron chi connectivity index (χ1n) is 6.88. The van der Waals surface area contributed by atoms with Gasteiger partial charge >= 0.3 is 0 Å². The Balaban J connectivity index is 2.06. The molecule has 1 fully saturated rings. The van der Waals surface area contributed by atoms with Gasteiger partial charge < -0.3 is 5.32 Å². The van der Waals surface area contributed by atoms with Gasteiger partial charge in [0.1, 0.15) is 0 Å². The molecule has 0 saturated carbocycles. The van der Waals surface area contributed by atoms with Crippen LogP contribution in [0.25, 0.3) is 0 Å². The SMILES string of the molecule is CNC(=O)[C@@]1(C)CCCN(Cc2cnn(C)c2C)C1. The molecule has 1 aromatic heterocycles. The zero-order chi connectivity index (χ0) is 14.0. The molecule has 5 nitrogen and oxygen atoms in total. The van der Waals surface area contributed by atoms with E-state index in [4.69, 9.17) is 0 Å². The van der Waals surface area contributed by atoms with Gasteiger partial charge in [-0.1, -0.05) is 0 Å². The highest BCUT2D eigenvalue weighted by Crippen LogP contribution is 2.30. The van der Waals surface area contributed by atoms with Crippen molar-refractivity contribution in [2.45, 2.75) is 33.2 Å². The van der Waals surface area contributed by atoms with E-state index in [0.717, 1.165) is 32.5 Å². The van der Waals surface area contributed by atoms with E-state index in [2.05, 4.69) is 29.2 Å². The quantitative estimate of drug-likeness (QED) is 0.888. The van der Waals surface area contributed by atoms with Crippen LogP contribution in [0.2, 0.25) is 0 Å². The maximum absolute atomic E-state index is 12.0. The molecule has 2 rings (SSSR count). The van der Waals surface area contributed by atoms with Crippen LogP contribution in [-0.4, -0.2) is 40.7 Å². The van der Waals surface area contributed by atoms with Gasteiger partial charge in [0, 0.05) is 38.4 Å². The zero-order valence-electron chi connectivity index (χ0n) is 12.4. The summed E-state index contributed by atoms with van der Waals surface area (Å²) in [6, 6.07) is 0. The fourth-order valence-electron chi connectivity index (χ4n) is 2.91. The van der Waals surface area contributed by atoms with E-state index < -0.39 is 0 Å². The van der Waals surface area contributed by atoms with E-state index >= 15 is 0 Å². The van der Waals surface area contributed by atoms with E-state index in [-0.39, 0.29) is 11.3 Å². The Hall–Kier alpha value is -1.36. The molecule has 5 heteroatoms. The zero-order valence-corrected chi connectivity index (χ0v) is 12.4. The largest absolute Gasteiger partial charge is 0.359 e. The number of nitrogens with one attached hydrogen (secondary N) is 1. The van der Waals surface area contributed by atoms with E-state index in [9.17, 15) is 4.79 Å². The molecule has 0 unspecified atom stereocenters. The van der Waals surface area contributed by atoms with Crippen molar-refractivity contribution in [3.8, 4) is 0 Å². The van der Waals surface area contributed by atoms with Crippen molar-refractivity contribution in [2.75, 3.05) is 20.1 Å². The van der Waals surface area contributed by atoms with Gasteiger partial charge in [0.2, 0.25) is 5.91 Å². The summed E-state index contributed by atoms with van der Waals surface area (Å²) >= 11 is 0. The Kier molecular flexibility index (Phi) is 3.94. The highest BCUT2D eigenvalue weighted by molar-refractivity contribution is 5.82. The van der Waals surface area contributed by atoms with Gasteiger partial charge in [-0.25, -0.2) is 0 Å². The third kappa shape index (κ3) is 2.81. The van der Waals surface area contributed by atoms with Gasteiger partial charge in [-0.2, -0.15) is 5.10 Å². The van der Waals surface area contributed by atoms with Crippen LogP contribution in [0.3, 0.4) is 0 Å². The molecule has 1 aliphatic rings. The molecule has 1 amide bonds. The number of amides is 1. The van der Waals surface area contributed by atoms with Crippen molar-refractivity contribution < 1.29 is 4.79 Å². The number of hydrogen-bond acceptors (Lipinski definition) is 3. The molecule has 106 valence electrons. The number of carbonyl (C=O) groups excluding carboxylic acids is 1. The predicted octanol–water partition coefficient (Wildman–Crippen LogP) is 1.08. The lowest BCUT2D eigenvalue weighted by Crippen LogP contribution is -2.49. The Morgan fingerprint density at radius 1 is 1.58 bits per heavy atom. The summed E-state index contributed by atoms with van der Waals surface area (Å²) in [7, 11) is 3.68. The summed E-state index contributed by atoms with van der Waals surface area (Å²) in [6.45, 7) is 6.91. The lowest BCUT2D eigenvalue weighted by molar-refractivity contribution is -0.132. The second-order valence-electron chi connectivity index (χ2n) is 5.83. The summed E-state index contributed by atoms with van der Waals surface area (Å²) in [5.74, 6) is 0.153. The van der Waals surface area contributed by atoms with Gasteiger partial charge in [0.05, 0.1) is 11.6 Å². The fourth-order valence-corrected chi connectivity index (χ4v) is 2.91. The van der Waals surface area contributed by atoms with Crippen LogP contribution < -0.4 is 5.32 Å². The van der Waals surface area contributed by atoms with Gasteiger partial charge in [-0.05, 0) is 33.2 Å². The molecule has 0 radical (unpaired) electrons. The van der Waals surface area contributed by atoms with Crippen LogP contribution in [0.1, 0.15) is 31.0 Å². The number of carbonyl (C=O) groups is 1. The van der Waals surface area contributed by atoms with E-state index in [0.29, 0.717) is 0 Å². The van der Waals surface area contributed by atoms with Crippen molar-refractivity contribution in [3.63, 3.8) is 0 Å². The molecule has 1 atom stereocenters. The van der Waals surface area contributed by atoms with E-state index in [1.165, 1.54) is 11.3 Å². The summed E-state index contributed by atoms with van der Waals surface area (Å²) in [6.07, 6.45) is 3.97. The van der Waals surface area contributed by atoms with Gasteiger partial charge in [-0.3, -0.25) is 14.4 Å². The second kappa shape index (κ2) is 5.33. The van der Waals surface area contributed by atoms with Gasteiger partial charge in [-0.15, -0.1) is 0 Å². The number of nitrogens with zero attached hydrogens (tertiary/aromatic N) is 3. The highest BCUT2D eigenvalue weighted by atomic mass is 16.2. The maximum Gasteiger partial charge on any atom is 0.226 e. The minimum absolute atomic E-state index is 0.153. The molecule has 0 aliphatic carbocycles. The normalized spacial score (nSPS) is 24.4. The van der Waals surface area contributed by atoms with Crippen LogP contribution >= 0.6 is 0 Å². The first kappa shape index (κ1) is 14.1. The molecular weight excluding hydrogens is 240 g/mol. The van der Waals surface area contributed by atoms with E-state index in [1.807, 2.05) is 17.9 Å². The lowest BCUT2D eigenvalue weighted by atomic mass is 9.81. The highest BCUT2D eigenvalue weighted by Gasteiger charge is 2.37. The predicted molar refractivity (Wildman–Crippen MR) is 74.6 cm³/mol. The topological polar surface area (TPSA) is 50.2 Å². The number of aryl methyl sites for hydroxylation is 1. The second-order valence-corrected chi connectivity index (χ2v) is 5.83. The van der Waals surface area contributed by atoms with Gasteiger partial charge in [0.15, 0.2) is 0 Å². The molecule has 0 aromatic carbocycles. The van der Waals surface area contributed by atoms with Crippen LogP contribution in [0.5, 0.6) is 0 Å². The number of likely N-dealkylation sites (tertiary alicyclic amines) is 1. The average Bonchev–Trinajstić information content (AvgIpc) is 2.70. The minimum Gasteiger partial charge on any atom is -0.359 e. The first-order chi connectivity index (χ1) is 8.96. The fraction of sp³-hybridized carbons (Fsp3) is 0.714. The molecule has 0 spiro atoms. The standard InChI is InChI=1S/C14H24N4O/c1-11-12(8-16-17(11)4)9-18-7-5-6-14(2,10-18)13(19)15-3/h8H,5-7,9-10H2,1-4H3,(H,15,19)/t14-/m0/s1. The molecular formula is C14H24N4O. The van der Waals surface area contributed by atoms with Crippen molar-refractivity contribution in [2.24, 2.45) is 12.5 Å². The smallest absolute Gasteiger partial charge is 0.226 e. The Bertz CT molecular complexity index is 468. The lowest BCUT2D eigenvalue weighted by Gasteiger charge is -2.39. The molecule has 2 heterocycles. The number of rotatable bonds is 3.